The molecule has 2 saturated heterocycles. The van der Waals surface area contributed by atoms with Crippen LogP contribution < -0.4 is 5.32 Å². The maximum atomic E-state index is 6.11. The number of likely N-dealkylation sites (tertiary alicyclic amines) is 1. The van der Waals surface area contributed by atoms with Crippen molar-refractivity contribution < 1.29 is 4.74 Å². The first-order valence-electron chi connectivity index (χ1n) is 9.21. The summed E-state index contributed by atoms with van der Waals surface area (Å²) in [6, 6.07) is 10.6. The van der Waals surface area contributed by atoms with Crippen LogP contribution >= 0.6 is 24.0 Å². The molecule has 2 fully saturated rings. The maximum absolute atomic E-state index is 6.11. The fourth-order valence-electron chi connectivity index (χ4n) is 3.91. The van der Waals surface area contributed by atoms with Crippen molar-refractivity contribution in [2.45, 2.75) is 39.2 Å². The molecule has 4 nitrogen and oxygen atoms in total. The highest BCUT2D eigenvalue weighted by Gasteiger charge is 2.32. The Balaban J connectivity index is 0.00000225. The summed E-state index contributed by atoms with van der Waals surface area (Å²) in [7, 11) is 1.89. The Kier molecular flexibility index (Phi) is 7.55. The summed E-state index contributed by atoms with van der Waals surface area (Å²) in [5.74, 6) is 1.53. The molecule has 1 aromatic rings. The van der Waals surface area contributed by atoms with Gasteiger partial charge in [-0.2, -0.15) is 0 Å². The molecule has 2 unspecified atom stereocenters. The predicted molar refractivity (Wildman–Crippen MR) is 115 cm³/mol. The second-order valence-corrected chi connectivity index (χ2v) is 7.87. The van der Waals surface area contributed by atoms with Gasteiger partial charge in [0.2, 0.25) is 0 Å². The molecule has 0 aromatic heterocycles. The van der Waals surface area contributed by atoms with E-state index in [-0.39, 0.29) is 30.1 Å². The van der Waals surface area contributed by atoms with E-state index in [0.29, 0.717) is 11.3 Å². The Morgan fingerprint density at radius 3 is 2.72 bits per heavy atom. The third-order valence-electron chi connectivity index (χ3n) is 5.28. The van der Waals surface area contributed by atoms with E-state index in [0.717, 1.165) is 38.6 Å². The average molecular weight is 457 g/mol. The summed E-state index contributed by atoms with van der Waals surface area (Å²) in [6.45, 7) is 8.63. The first-order valence-corrected chi connectivity index (χ1v) is 9.21. The number of benzene rings is 1. The van der Waals surface area contributed by atoms with Gasteiger partial charge >= 0.3 is 0 Å². The molecule has 0 saturated carbocycles. The Hall–Kier alpha value is -0.820. The molecule has 5 heteroatoms. The topological polar surface area (TPSA) is 36.9 Å². The first kappa shape index (κ1) is 20.5. The molecule has 2 aliphatic rings. The SMILES string of the molecule is CN=C(NCC1CCCOC1c1ccccc1)N1CCC(C)(C)C1.I. The molecule has 0 bridgehead atoms. The van der Waals surface area contributed by atoms with Crippen molar-refractivity contribution in [1.29, 1.82) is 0 Å². The molecule has 0 amide bonds. The van der Waals surface area contributed by atoms with Crippen molar-refractivity contribution in [1.82, 2.24) is 10.2 Å². The lowest BCUT2D eigenvalue weighted by Crippen LogP contribution is -2.44. The third-order valence-corrected chi connectivity index (χ3v) is 5.28. The van der Waals surface area contributed by atoms with Gasteiger partial charge in [0.1, 0.15) is 0 Å². The van der Waals surface area contributed by atoms with E-state index in [2.05, 4.69) is 59.4 Å². The molecule has 2 aliphatic heterocycles. The molecular weight excluding hydrogens is 425 g/mol. The largest absolute Gasteiger partial charge is 0.373 e. The number of aliphatic imine (C=N–C) groups is 1. The average Bonchev–Trinajstić information content (AvgIpc) is 2.96. The number of nitrogens with zero attached hydrogens (tertiary/aromatic N) is 2. The normalized spacial score (nSPS) is 26.2. The summed E-state index contributed by atoms with van der Waals surface area (Å²) in [4.78, 5) is 6.90. The van der Waals surface area contributed by atoms with Crippen molar-refractivity contribution in [2.24, 2.45) is 16.3 Å². The lowest BCUT2D eigenvalue weighted by atomic mass is 9.89. The highest BCUT2D eigenvalue weighted by molar-refractivity contribution is 14.0. The van der Waals surface area contributed by atoms with Crippen molar-refractivity contribution in [2.75, 3.05) is 33.3 Å². The van der Waals surface area contributed by atoms with Gasteiger partial charge in [-0.1, -0.05) is 44.2 Å². The molecule has 1 aromatic carbocycles. The molecule has 3 rings (SSSR count). The molecule has 2 atom stereocenters. The zero-order chi connectivity index (χ0) is 17.0. The van der Waals surface area contributed by atoms with Crippen LogP contribution in [0.3, 0.4) is 0 Å². The van der Waals surface area contributed by atoms with Gasteiger partial charge in [-0.15, -0.1) is 24.0 Å². The van der Waals surface area contributed by atoms with Gasteiger partial charge in [0.15, 0.2) is 5.96 Å². The molecular formula is C20H32IN3O. The maximum Gasteiger partial charge on any atom is 0.193 e. The second kappa shape index (κ2) is 9.21. The van der Waals surface area contributed by atoms with Crippen molar-refractivity contribution in [3.63, 3.8) is 0 Å². The van der Waals surface area contributed by atoms with Crippen molar-refractivity contribution in [3.8, 4) is 0 Å². The van der Waals surface area contributed by atoms with E-state index < -0.39 is 0 Å². The van der Waals surface area contributed by atoms with E-state index in [1.54, 1.807) is 0 Å². The van der Waals surface area contributed by atoms with Gasteiger partial charge in [0.25, 0.3) is 0 Å². The van der Waals surface area contributed by atoms with Crippen LogP contribution in [0.1, 0.15) is 44.8 Å². The summed E-state index contributed by atoms with van der Waals surface area (Å²) < 4.78 is 6.11. The Labute approximate surface area is 169 Å². The standard InChI is InChI=1S/C20H31N3O.HI/c1-20(2)11-12-23(15-20)19(21-3)22-14-17-10-7-13-24-18(17)16-8-5-4-6-9-16;/h4-6,8-9,17-18H,7,10-15H2,1-3H3,(H,21,22);1H. The van der Waals surface area contributed by atoms with Crippen LogP contribution in [0.2, 0.25) is 0 Å². The summed E-state index contributed by atoms with van der Waals surface area (Å²) in [5, 5.41) is 3.61. The summed E-state index contributed by atoms with van der Waals surface area (Å²) in [5.41, 5.74) is 1.68. The number of guanidine groups is 1. The van der Waals surface area contributed by atoms with E-state index in [1.807, 2.05) is 7.05 Å². The lowest BCUT2D eigenvalue weighted by Gasteiger charge is -2.33. The quantitative estimate of drug-likeness (QED) is 0.422. The highest BCUT2D eigenvalue weighted by atomic mass is 127. The minimum atomic E-state index is 0. The molecule has 25 heavy (non-hydrogen) atoms. The molecule has 1 N–H and O–H groups in total. The van der Waals surface area contributed by atoms with Gasteiger partial charge in [0.05, 0.1) is 6.10 Å². The molecule has 0 aliphatic carbocycles. The number of ether oxygens (including phenoxy) is 1. The van der Waals surface area contributed by atoms with Crippen LogP contribution in [0, 0.1) is 11.3 Å². The molecule has 140 valence electrons. The summed E-state index contributed by atoms with van der Waals surface area (Å²) >= 11 is 0. The Bertz CT molecular complexity index is 561. The minimum Gasteiger partial charge on any atom is -0.373 e. The minimum absolute atomic E-state index is 0. The molecule has 0 radical (unpaired) electrons. The van der Waals surface area contributed by atoms with Crippen molar-refractivity contribution >= 4 is 29.9 Å². The zero-order valence-electron chi connectivity index (χ0n) is 15.7. The molecule has 0 spiro atoms. The number of nitrogens with one attached hydrogen (secondary N) is 1. The zero-order valence-corrected chi connectivity index (χ0v) is 18.0. The van der Waals surface area contributed by atoms with Gasteiger partial charge in [-0.05, 0) is 30.2 Å². The van der Waals surface area contributed by atoms with Gasteiger partial charge in [-0.25, -0.2) is 0 Å². The highest BCUT2D eigenvalue weighted by Crippen LogP contribution is 2.33. The van der Waals surface area contributed by atoms with Crippen LogP contribution in [0.25, 0.3) is 0 Å². The van der Waals surface area contributed by atoms with Gasteiger partial charge in [0, 0.05) is 39.2 Å². The van der Waals surface area contributed by atoms with Gasteiger partial charge in [-0.3, -0.25) is 4.99 Å². The Morgan fingerprint density at radius 1 is 1.32 bits per heavy atom. The van der Waals surface area contributed by atoms with E-state index in [4.69, 9.17) is 4.74 Å². The number of hydrogen-bond acceptors (Lipinski definition) is 2. The Morgan fingerprint density at radius 2 is 2.08 bits per heavy atom. The van der Waals surface area contributed by atoms with Crippen LogP contribution in [-0.2, 0) is 4.74 Å². The van der Waals surface area contributed by atoms with Crippen LogP contribution in [0.5, 0.6) is 0 Å². The van der Waals surface area contributed by atoms with E-state index >= 15 is 0 Å². The number of halogens is 1. The lowest BCUT2D eigenvalue weighted by molar-refractivity contribution is -0.0266. The monoisotopic (exact) mass is 457 g/mol. The van der Waals surface area contributed by atoms with E-state index in [1.165, 1.54) is 18.4 Å². The third kappa shape index (κ3) is 5.33. The van der Waals surface area contributed by atoms with Crippen LogP contribution in [0.4, 0.5) is 0 Å². The fourth-order valence-corrected chi connectivity index (χ4v) is 3.91. The van der Waals surface area contributed by atoms with Crippen molar-refractivity contribution in [3.05, 3.63) is 35.9 Å². The smallest absolute Gasteiger partial charge is 0.193 e. The van der Waals surface area contributed by atoms with Gasteiger partial charge < -0.3 is 15.0 Å². The van der Waals surface area contributed by atoms with Crippen LogP contribution in [0.15, 0.2) is 35.3 Å². The summed E-state index contributed by atoms with van der Waals surface area (Å²) in [6.07, 6.45) is 3.77. The number of hydrogen-bond donors (Lipinski definition) is 1. The first-order chi connectivity index (χ1) is 11.6. The number of rotatable bonds is 3. The predicted octanol–water partition coefficient (Wildman–Crippen LogP) is 4.08. The molecule has 2 heterocycles. The van der Waals surface area contributed by atoms with Crippen LogP contribution in [-0.4, -0.2) is 44.1 Å². The fraction of sp³-hybridized carbons (Fsp3) is 0.650. The second-order valence-electron chi connectivity index (χ2n) is 7.87. The van der Waals surface area contributed by atoms with E-state index in [9.17, 15) is 0 Å².